The van der Waals surface area contributed by atoms with Crippen LogP contribution in [0, 0.1) is 5.41 Å². The normalized spacial score (nSPS) is 15.3. The van der Waals surface area contributed by atoms with Gasteiger partial charge < -0.3 is 10.2 Å². The number of anilines is 1. The maximum absolute atomic E-state index is 4.57. The third-order valence-corrected chi connectivity index (χ3v) is 3.88. The summed E-state index contributed by atoms with van der Waals surface area (Å²) in [5, 5.41) is 3.29. The molecular formula is C15H27N3. The Kier molecular flexibility index (Phi) is 4.74. The summed E-state index contributed by atoms with van der Waals surface area (Å²) in [7, 11) is 4.11. The van der Waals surface area contributed by atoms with Crippen molar-refractivity contribution in [1.82, 2.24) is 10.3 Å². The van der Waals surface area contributed by atoms with E-state index in [2.05, 4.69) is 62.9 Å². The number of nitrogens with one attached hydrogen (secondary N) is 1. The molecule has 0 fully saturated rings. The van der Waals surface area contributed by atoms with Crippen molar-refractivity contribution in [2.45, 2.75) is 46.7 Å². The van der Waals surface area contributed by atoms with Crippen LogP contribution in [0.5, 0.6) is 0 Å². The van der Waals surface area contributed by atoms with Crippen LogP contribution < -0.4 is 10.2 Å². The highest BCUT2D eigenvalue weighted by Crippen LogP contribution is 2.30. The van der Waals surface area contributed by atoms with Crippen molar-refractivity contribution >= 4 is 5.82 Å². The van der Waals surface area contributed by atoms with E-state index in [1.54, 1.807) is 0 Å². The molecule has 2 atom stereocenters. The zero-order valence-electron chi connectivity index (χ0n) is 12.8. The molecule has 0 aliphatic carbocycles. The Morgan fingerprint density at radius 1 is 1.28 bits per heavy atom. The van der Waals surface area contributed by atoms with E-state index in [0.717, 1.165) is 5.82 Å². The van der Waals surface area contributed by atoms with Gasteiger partial charge in [-0.3, -0.25) is 0 Å². The summed E-state index contributed by atoms with van der Waals surface area (Å²) in [6.07, 6.45) is 1.87. The molecular weight excluding hydrogens is 222 g/mol. The summed E-state index contributed by atoms with van der Waals surface area (Å²) in [5.74, 6) is 1.07. The number of nitrogens with zero attached hydrogens (tertiary/aromatic N) is 2. The highest BCUT2D eigenvalue weighted by Gasteiger charge is 2.26. The van der Waals surface area contributed by atoms with Crippen molar-refractivity contribution in [1.29, 1.82) is 0 Å². The third kappa shape index (κ3) is 3.22. The van der Waals surface area contributed by atoms with E-state index in [4.69, 9.17) is 0 Å². The predicted octanol–water partition coefficient (Wildman–Crippen LogP) is 3.23. The zero-order chi connectivity index (χ0) is 13.9. The van der Waals surface area contributed by atoms with Gasteiger partial charge in [-0.2, -0.15) is 0 Å². The van der Waals surface area contributed by atoms with E-state index in [1.165, 1.54) is 5.56 Å². The second-order valence-corrected chi connectivity index (χ2v) is 6.08. The SMILES string of the molecule is CNC(C)c1cccnc1N(C)C(C)C(C)(C)C. The largest absolute Gasteiger partial charge is 0.356 e. The first-order valence-corrected chi connectivity index (χ1v) is 6.64. The molecule has 0 aliphatic heterocycles. The summed E-state index contributed by atoms with van der Waals surface area (Å²) >= 11 is 0. The standard InChI is InChI=1S/C15H27N3/c1-11(16-6)13-9-8-10-17-14(13)18(7)12(2)15(3,4)5/h8-12,16H,1-7H3. The minimum atomic E-state index is 0.229. The van der Waals surface area contributed by atoms with Crippen LogP contribution in [0.4, 0.5) is 5.82 Å². The smallest absolute Gasteiger partial charge is 0.133 e. The molecule has 1 aromatic heterocycles. The fourth-order valence-corrected chi connectivity index (χ4v) is 1.96. The van der Waals surface area contributed by atoms with Gasteiger partial charge in [-0.25, -0.2) is 4.98 Å². The van der Waals surface area contributed by atoms with Crippen molar-refractivity contribution in [3.8, 4) is 0 Å². The van der Waals surface area contributed by atoms with Crippen molar-refractivity contribution in [3.63, 3.8) is 0 Å². The average Bonchev–Trinajstić information content (AvgIpc) is 2.35. The maximum Gasteiger partial charge on any atom is 0.133 e. The highest BCUT2D eigenvalue weighted by atomic mass is 15.2. The van der Waals surface area contributed by atoms with Gasteiger partial charge in [0.1, 0.15) is 5.82 Å². The number of rotatable bonds is 4. The molecule has 3 heteroatoms. The third-order valence-electron chi connectivity index (χ3n) is 3.88. The fourth-order valence-electron chi connectivity index (χ4n) is 1.96. The van der Waals surface area contributed by atoms with Gasteiger partial charge >= 0.3 is 0 Å². The lowest BCUT2D eigenvalue weighted by Gasteiger charge is -2.37. The minimum Gasteiger partial charge on any atom is -0.356 e. The molecule has 0 aromatic carbocycles. The molecule has 0 amide bonds. The van der Waals surface area contributed by atoms with Crippen molar-refractivity contribution in [3.05, 3.63) is 23.9 Å². The van der Waals surface area contributed by atoms with Gasteiger partial charge in [0.15, 0.2) is 0 Å². The Morgan fingerprint density at radius 2 is 1.89 bits per heavy atom. The molecule has 2 unspecified atom stereocenters. The number of hydrogen-bond donors (Lipinski definition) is 1. The molecule has 1 aromatic rings. The second kappa shape index (κ2) is 5.70. The lowest BCUT2D eigenvalue weighted by atomic mass is 9.87. The van der Waals surface area contributed by atoms with Crippen LogP contribution in [0.1, 0.15) is 46.2 Å². The molecule has 1 rings (SSSR count). The van der Waals surface area contributed by atoms with E-state index in [9.17, 15) is 0 Å². The lowest BCUT2D eigenvalue weighted by Crippen LogP contribution is -2.40. The molecule has 1 N–H and O–H groups in total. The van der Waals surface area contributed by atoms with E-state index < -0.39 is 0 Å². The topological polar surface area (TPSA) is 28.2 Å². The van der Waals surface area contributed by atoms with Gasteiger partial charge in [-0.15, -0.1) is 0 Å². The first-order chi connectivity index (χ1) is 8.29. The highest BCUT2D eigenvalue weighted by molar-refractivity contribution is 5.48. The number of aromatic nitrogens is 1. The van der Waals surface area contributed by atoms with Gasteiger partial charge in [-0.1, -0.05) is 26.8 Å². The van der Waals surface area contributed by atoms with Crippen LogP contribution in [0.3, 0.4) is 0 Å². The van der Waals surface area contributed by atoms with Crippen molar-refractivity contribution < 1.29 is 0 Å². The Labute approximate surface area is 112 Å². The second-order valence-electron chi connectivity index (χ2n) is 6.08. The summed E-state index contributed by atoms with van der Waals surface area (Å²) in [4.78, 5) is 6.85. The first-order valence-electron chi connectivity index (χ1n) is 6.64. The van der Waals surface area contributed by atoms with Crippen LogP contribution in [0.15, 0.2) is 18.3 Å². The Balaban J connectivity index is 3.09. The van der Waals surface area contributed by atoms with Gasteiger partial charge in [-0.05, 0) is 32.4 Å². The minimum absolute atomic E-state index is 0.229. The van der Waals surface area contributed by atoms with Crippen LogP contribution in [0.2, 0.25) is 0 Å². The van der Waals surface area contributed by atoms with E-state index in [1.807, 2.05) is 19.3 Å². The molecule has 0 aliphatic rings. The molecule has 1 heterocycles. The zero-order valence-corrected chi connectivity index (χ0v) is 12.8. The van der Waals surface area contributed by atoms with Crippen LogP contribution in [0.25, 0.3) is 0 Å². The molecule has 18 heavy (non-hydrogen) atoms. The van der Waals surface area contributed by atoms with Gasteiger partial charge in [0.05, 0.1) is 0 Å². The van der Waals surface area contributed by atoms with Crippen molar-refractivity contribution in [2.24, 2.45) is 5.41 Å². The summed E-state index contributed by atoms with van der Waals surface area (Å²) < 4.78 is 0. The molecule has 0 spiro atoms. The average molecular weight is 249 g/mol. The van der Waals surface area contributed by atoms with Gasteiger partial charge in [0.2, 0.25) is 0 Å². The molecule has 0 radical (unpaired) electrons. The Hall–Kier alpha value is -1.09. The lowest BCUT2D eigenvalue weighted by molar-refractivity contribution is 0.328. The first kappa shape index (κ1) is 15.0. The Bertz CT molecular complexity index is 382. The number of pyridine rings is 1. The van der Waals surface area contributed by atoms with Crippen LogP contribution in [-0.4, -0.2) is 25.1 Å². The molecule has 0 saturated heterocycles. The van der Waals surface area contributed by atoms with Gasteiger partial charge in [0, 0.05) is 30.9 Å². The van der Waals surface area contributed by atoms with E-state index >= 15 is 0 Å². The monoisotopic (exact) mass is 249 g/mol. The van der Waals surface area contributed by atoms with Crippen LogP contribution >= 0.6 is 0 Å². The Morgan fingerprint density at radius 3 is 2.39 bits per heavy atom. The maximum atomic E-state index is 4.57. The quantitative estimate of drug-likeness (QED) is 0.888. The molecule has 102 valence electrons. The molecule has 0 saturated carbocycles. The molecule has 0 bridgehead atoms. The summed E-state index contributed by atoms with van der Waals surface area (Å²) in [5.41, 5.74) is 1.48. The van der Waals surface area contributed by atoms with E-state index in [-0.39, 0.29) is 5.41 Å². The number of hydrogen-bond acceptors (Lipinski definition) is 3. The van der Waals surface area contributed by atoms with Crippen LogP contribution in [-0.2, 0) is 0 Å². The van der Waals surface area contributed by atoms with Crippen molar-refractivity contribution in [2.75, 3.05) is 19.0 Å². The van der Waals surface area contributed by atoms with Gasteiger partial charge in [0.25, 0.3) is 0 Å². The van der Waals surface area contributed by atoms with E-state index in [0.29, 0.717) is 12.1 Å². The fraction of sp³-hybridized carbons (Fsp3) is 0.667. The summed E-state index contributed by atoms with van der Waals surface area (Å²) in [6.45, 7) is 11.2. The summed E-state index contributed by atoms with van der Waals surface area (Å²) in [6, 6.07) is 4.89. The predicted molar refractivity (Wildman–Crippen MR) is 79.0 cm³/mol. The molecule has 3 nitrogen and oxygen atoms in total.